The van der Waals surface area contributed by atoms with Crippen molar-refractivity contribution in [2.45, 2.75) is 31.6 Å². The van der Waals surface area contributed by atoms with Crippen molar-refractivity contribution in [3.05, 3.63) is 47.5 Å². The normalized spacial score (nSPS) is 16.3. The Kier molecular flexibility index (Phi) is 4.66. The summed E-state index contributed by atoms with van der Waals surface area (Å²) >= 11 is 0. The molecule has 138 valence electrons. The van der Waals surface area contributed by atoms with E-state index in [1.165, 1.54) is 13.2 Å². The number of sulfonamides is 1. The van der Waals surface area contributed by atoms with Crippen LogP contribution in [0.5, 0.6) is 5.75 Å². The zero-order valence-corrected chi connectivity index (χ0v) is 16.0. The van der Waals surface area contributed by atoms with Crippen LogP contribution in [0.2, 0.25) is 0 Å². The first-order valence-electron chi connectivity index (χ1n) is 8.35. The number of nitrogens with one attached hydrogen (secondary N) is 2. The summed E-state index contributed by atoms with van der Waals surface area (Å²) in [5.41, 5.74) is 2.57. The van der Waals surface area contributed by atoms with Gasteiger partial charge in [0.05, 0.1) is 17.9 Å². The van der Waals surface area contributed by atoms with Crippen LogP contribution in [-0.2, 0) is 14.8 Å². The number of benzene rings is 2. The Labute approximate surface area is 153 Å². The highest BCUT2D eigenvalue weighted by molar-refractivity contribution is 7.92. The van der Waals surface area contributed by atoms with E-state index in [9.17, 15) is 13.2 Å². The van der Waals surface area contributed by atoms with Gasteiger partial charge in [-0.05, 0) is 60.4 Å². The average Bonchev–Trinajstić information content (AvgIpc) is 2.89. The quantitative estimate of drug-likeness (QED) is 0.839. The summed E-state index contributed by atoms with van der Waals surface area (Å²) in [5.74, 6) is 0.383. The summed E-state index contributed by atoms with van der Waals surface area (Å²) < 4.78 is 33.3. The van der Waals surface area contributed by atoms with Crippen LogP contribution >= 0.6 is 0 Å². The minimum absolute atomic E-state index is 0.0546. The van der Waals surface area contributed by atoms with Gasteiger partial charge in [-0.2, -0.15) is 0 Å². The maximum absolute atomic E-state index is 12.8. The molecule has 26 heavy (non-hydrogen) atoms. The maximum Gasteiger partial charge on any atom is 0.262 e. The van der Waals surface area contributed by atoms with Gasteiger partial charge in [-0.25, -0.2) is 8.42 Å². The van der Waals surface area contributed by atoms with Crippen molar-refractivity contribution in [1.29, 1.82) is 0 Å². The maximum atomic E-state index is 12.8. The Hall–Kier alpha value is -2.54. The fourth-order valence-corrected chi connectivity index (χ4v) is 4.55. The fourth-order valence-electron chi connectivity index (χ4n) is 3.27. The molecule has 0 saturated carbocycles. The molecule has 1 atom stereocenters. The van der Waals surface area contributed by atoms with E-state index >= 15 is 0 Å². The van der Waals surface area contributed by atoms with Crippen LogP contribution in [0.3, 0.4) is 0 Å². The third-order valence-electron chi connectivity index (χ3n) is 4.52. The predicted octanol–water partition coefficient (Wildman–Crippen LogP) is 3.50. The zero-order chi connectivity index (χ0) is 19.1. The first-order chi connectivity index (χ1) is 12.2. The summed E-state index contributed by atoms with van der Waals surface area (Å²) in [5, 5.41) is 2.84. The highest BCUT2D eigenvalue weighted by Crippen LogP contribution is 2.39. The molecule has 0 saturated heterocycles. The minimum atomic E-state index is -3.75. The summed E-state index contributed by atoms with van der Waals surface area (Å²) in [6.45, 7) is 5.66. The van der Waals surface area contributed by atoms with Crippen LogP contribution in [0.15, 0.2) is 41.3 Å². The molecule has 0 aliphatic carbocycles. The van der Waals surface area contributed by atoms with Gasteiger partial charge in [0.15, 0.2) is 0 Å². The number of anilines is 2. The van der Waals surface area contributed by atoms with Gasteiger partial charge in [0.1, 0.15) is 5.75 Å². The molecule has 2 aromatic rings. The predicted molar refractivity (Wildman–Crippen MR) is 101 cm³/mol. The lowest BCUT2D eigenvalue weighted by atomic mass is 9.89. The van der Waals surface area contributed by atoms with Gasteiger partial charge >= 0.3 is 0 Å². The average molecular weight is 374 g/mol. The van der Waals surface area contributed by atoms with E-state index in [2.05, 4.69) is 10.0 Å². The number of carbonyl (C=O) groups excluding carboxylic acids is 1. The Morgan fingerprint density at radius 1 is 1.15 bits per heavy atom. The van der Waals surface area contributed by atoms with E-state index in [0.29, 0.717) is 17.0 Å². The van der Waals surface area contributed by atoms with Crippen molar-refractivity contribution in [1.82, 2.24) is 0 Å². The van der Waals surface area contributed by atoms with Crippen LogP contribution in [0, 0.1) is 12.8 Å². The molecule has 1 aliphatic heterocycles. The number of amides is 1. The van der Waals surface area contributed by atoms with Crippen LogP contribution < -0.4 is 14.8 Å². The van der Waals surface area contributed by atoms with Crippen molar-refractivity contribution < 1.29 is 17.9 Å². The highest BCUT2D eigenvalue weighted by atomic mass is 32.2. The topological polar surface area (TPSA) is 84.5 Å². The Morgan fingerprint density at radius 2 is 1.88 bits per heavy atom. The number of aryl methyl sites for hydroxylation is 1. The number of methoxy groups -OCH3 is 1. The van der Waals surface area contributed by atoms with Crippen LogP contribution in [0.4, 0.5) is 11.4 Å². The third-order valence-corrected chi connectivity index (χ3v) is 6.06. The fraction of sp³-hybridized carbons (Fsp3) is 0.316. The summed E-state index contributed by atoms with van der Waals surface area (Å²) in [6.07, 6.45) is 0. The smallest absolute Gasteiger partial charge is 0.262 e. The monoisotopic (exact) mass is 374 g/mol. The molecule has 7 heteroatoms. The first kappa shape index (κ1) is 18.3. The number of rotatable bonds is 5. The van der Waals surface area contributed by atoms with Crippen molar-refractivity contribution in [3.63, 3.8) is 0 Å². The van der Waals surface area contributed by atoms with E-state index in [0.717, 1.165) is 11.3 Å². The molecule has 3 rings (SSSR count). The molecular weight excluding hydrogens is 352 g/mol. The molecule has 1 aliphatic rings. The van der Waals surface area contributed by atoms with Gasteiger partial charge < -0.3 is 10.1 Å². The number of carbonyl (C=O) groups is 1. The number of ether oxygens (including phenoxy) is 1. The van der Waals surface area contributed by atoms with Crippen LogP contribution in [0.1, 0.15) is 30.9 Å². The molecule has 0 radical (unpaired) electrons. The van der Waals surface area contributed by atoms with Gasteiger partial charge in [-0.3, -0.25) is 9.52 Å². The summed E-state index contributed by atoms with van der Waals surface area (Å²) in [6, 6.07) is 9.92. The minimum Gasteiger partial charge on any atom is -0.497 e. The molecule has 6 nitrogen and oxygen atoms in total. The molecule has 1 heterocycles. The third kappa shape index (κ3) is 3.26. The van der Waals surface area contributed by atoms with Gasteiger partial charge in [-0.15, -0.1) is 0 Å². The molecule has 0 aromatic heterocycles. The molecule has 0 bridgehead atoms. The van der Waals surface area contributed by atoms with Gasteiger partial charge in [0.2, 0.25) is 5.91 Å². The zero-order valence-electron chi connectivity index (χ0n) is 15.2. The first-order valence-corrected chi connectivity index (χ1v) is 9.83. The Balaban J connectivity index is 1.93. The lowest BCUT2D eigenvalue weighted by Crippen LogP contribution is -2.17. The molecule has 0 fully saturated rings. The molecule has 1 amide bonds. The molecular formula is C19H22N2O4S. The second-order valence-corrected chi connectivity index (χ2v) is 8.40. The van der Waals surface area contributed by atoms with Gasteiger partial charge in [-0.1, -0.05) is 13.8 Å². The summed E-state index contributed by atoms with van der Waals surface area (Å²) in [7, 11) is -2.21. The van der Waals surface area contributed by atoms with E-state index < -0.39 is 10.0 Å². The van der Waals surface area contributed by atoms with Gasteiger partial charge in [0, 0.05) is 11.4 Å². The lowest BCUT2D eigenvalue weighted by Gasteiger charge is -2.15. The van der Waals surface area contributed by atoms with Crippen LogP contribution in [0.25, 0.3) is 0 Å². The van der Waals surface area contributed by atoms with Crippen molar-refractivity contribution in [2.75, 3.05) is 17.1 Å². The second kappa shape index (κ2) is 6.64. The lowest BCUT2D eigenvalue weighted by molar-refractivity contribution is -0.117. The summed E-state index contributed by atoms with van der Waals surface area (Å²) in [4.78, 5) is 12.3. The SMILES string of the molecule is COc1ccc(S(=O)(=O)Nc2ccc3c(c2)C(C(C)C)C(=O)N3)c(C)c1. The Morgan fingerprint density at radius 3 is 2.50 bits per heavy atom. The van der Waals surface area contributed by atoms with E-state index in [1.807, 2.05) is 13.8 Å². The van der Waals surface area contributed by atoms with E-state index in [4.69, 9.17) is 4.74 Å². The van der Waals surface area contributed by atoms with Crippen LogP contribution in [-0.4, -0.2) is 21.4 Å². The largest absolute Gasteiger partial charge is 0.497 e. The van der Waals surface area contributed by atoms with Crippen molar-refractivity contribution in [3.8, 4) is 5.75 Å². The molecule has 2 aromatic carbocycles. The standard InChI is InChI=1S/C19H22N2O4S/c1-11(2)18-15-10-13(5-7-16(15)20-19(18)22)21-26(23,24)17-8-6-14(25-4)9-12(17)3/h5-11,18,21H,1-4H3,(H,20,22). The second-order valence-electron chi connectivity index (χ2n) is 6.75. The van der Waals surface area contributed by atoms with E-state index in [-0.39, 0.29) is 22.6 Å². The Bertz CT molecular complexity index is 967. The van der Waals surface area contributed by atoms with E-state index in [1.54, 1.807) is 37.3 Å². The van der Waals surface area contributed by atoms with Gasteiger partial charge in [0.25, 0.3) is 10.0 Å². The number of fused-ring (bicyclic) bond motifs is 1. The molecule has 1 unspecified atom stereocenters. The molecule has 2 N–H and O–H groups in total. The van der Waals surface area contributed by atoms with Crippen molar-refractivity contribution >= 4 is 27.3 Å². The highest BCUT2D eigenvalue weighted by Gasteiger charge is 2.33. The van der Waals surface area contributed by atoms with Crippen molar-refractivity contribution in [2.24, 2.45) is 5.92 Å². The number of hydrogen-bond donors (Lipinski definition) is 2. The number of hydrogen-bond acceptors (Lipinski definition) is 4. The molecule has 0 spiro atoms.